The van der Waals surface area contributed by atoms with Crippen LogP contribution in [-0.4, -0.2) is 46.5 Å². The van der Waals surface area contributed by atoms with E-state index in [4.69, 9.17) is 19.2 Å². The number of anilines is 1. The lowest BCUT2D eigenvalue weighted by Crippen LogP contribution is -2.13. The van der Waals surface area contributed by atoms with E-state index in [0.29, 0.717) is 11.5 Å². The first-order valence-electron chi connectivity index (χ1n) is 9.29. The first-order valence-corrected chi connectivity index (χ1v) is 9.29. The van der Waals surface area contributed by atoms with Crippen molar-refractivity contribution in [2.45, 2.75) is 6.42 Å². The highest BCUT2D eigenvalue weighted by molar-refractivity contribution is 5.96. The number of methoxy groups -OCH3 is 3. The number of nitrogens with one attached hydrogen (secondary N) is 2. The molecule has 6 nitrogen and oxygen atoms in total. The molecule has 0 aliphatic carbocycles. The third kappa shape index (κ3) is 4.28. The third-order valence-corrected chi connectivity index (χ3v) is 4.62. The minimum absolute atomic E-state index is 0.663. The second-order valence-corrected chi connectivity index (χ2v) is 6.39. The average molecular weight is 381 g/mol. The molecule has 0 atom stereocenters. The van der Waals surface area contributed by atoms with E-state index in [0.717, 1.165) is 53.1 Å². The third-order valence-electron chi connectivity index (χ3n) is 4.62. The summed E-state index contributed by atoms with van der Waals surface area (Å²) in [4.78, 5) is 4.86. The van der Waals surface area contributed by atoms with Crippen LogP contribution < -0.4 is 24.8 Å². The Morgan fingerprint density at radius 1 is 0.857 bits per heavy atom. The predicted molar refractivity (Wildman–Crippen MR) is 114 cm³/mol. The molecule has 0 spiro atoms. The molecule has 3 aromatic rings. The zero-order chi connectivity index (χ0) is 19.9. The monoisotopic (exact) mass is 381 g/mol. The number of fused-ring (bicyclic) bond motifs is 1. The van der Waals surface area contributed by atoms with Gasteiger partial charge < -0.3 is 24.8 Å². The Labute approximate surface area is 165 Å². The predicted octanol–water partition coefficient (Wildman–Crippen LogP) is 3.95. The molecule has 148 valence electrons. The molecule has 1 heterocycles. The molecule has 1 aromatic heterocycles. The quantitative estimate of drug-likeness (QED) is 0.547. The van der Waals surface area contributed by atoms with Gasteiger partial charge in [0.05, 0.1) is 32.5 Å². The van der Waals surface area contributed by atoms with Gasteiger partial charge in [-0.3, -0.25) is 0 Å². The lowest BCUT2D eigenvalue weighted by atomic mass is 10.1. The van der Waals surface area contributed by atoms with Gasteiger partial charge in [0.25, 0.3) is 0 Å². The molecule has 28 heavy (non-hydrogen) atoms. The van der Waals surface area contributed by atoms with Crippen molar-refractivity contribution in [1.82, 2.24) is 10.3 Å². The Morgan fingerprint density at radius 3 is 2.21 bits per heavy atom. The second kappa shape index (κ2) is 9.28. The molecule has 2 N–H and O–H groups in total. The number of aromatic nitrogens is 1. The summed E-state index contributed by atoms with van der Waals surface area (Å²) in [5.74, 6) is 2.17. The van der Waals surface area contributed by atoms with Gasteiger partial charge in [-0.15, -0.1) is 0 Å². The summed E-state index contributed by atoms with van der Waals surface area (Å²) in [7, 11) is 6.90. The SMILES string of the molecule is CNCCCNc1cc(-c2ccc(OC)cc2)nc2cc(OC)c(OC)cc12. The van der Waals surface area contributed by atoms with E-state index in [1.165, 1.54) is 0 Å². The number of hydrogen-bond donors (Lipinski definition) is 2. The van der Waals surface area contributed by atoms with E-state index in [1.54, 1.807) is 21.3 Å². The zero-order valence-electron chi connectivity index (χ0n) is 16.8. The van der Waals surface area contributed by atoms with Crippen molar-refractivity contribution < 1.29 is 14.2 Å². The summed E-state index contributed by atoms with van der Waals surface area (Å²) in [6.45, 7) is 1.81. The van der Waals surface area contributed by atoms with E-state index < -0.39 is 0 Å². The summed E-state index contributed by atoms with van der Waals surface area (Å²) in [6, 6.07) is 13.9. The summed E-state index contributed by atoms with van der Waals surface area (Å²) < 4.78 is 16.2. The maximum Gasteiger partial charge on any atom is 0.162 e. The number of pyridine rings is 1. The molecule has 0 saturated carbocycles. The van der Waals surface area contributed by atoms with Gasteiger partial charge in [0.2, 0.25) is 0 Å². The van der Waals surface area contributed by atoms with Crippen LogP contribution in [0, 0.1) is 0 Å². The lowest BCUT2D eigenvalue weighted by molar-refractivity contribution is 0.356. The topological polar surface area (TPSA) is 64.6 Å². The maximum absolute atomic E-state index is 5.48. The Bertz CT molecular complexity index is 926. The van der Waals surface area contributed by atoms with E-state index >= 15 is 0 Å². The van der Waals surface area contributed by atoms with Gasteiger partial charge in [-0.05, 0) is 56.4 Å². The molecule has 0 aliphatic heterocycles. The Kier molecular flexibility index (Phi) is 6.55. The maximum atomic E-state index is 5.48. The van der Waals surface area contributed by atoms with E-state index in [1.807, 2.05) is 43.4 Å². The second-order valence-electron chi connectivity index (χ2n) is 6.39. The fraction of sp³-hybridized carbons (Fsp3) is 0.318. The Balaban J connectivity index is 2.08. The van der Waals surface area contributed by atoms with Crippen LogP contribution in [0.5, 0.6) is 17.2 Å². The Hall–Kier alpha value is -2.99. The van der Waals surface area contributed by atoms with Gasteiger partial charge in [-0.25, -0.2) is 4.98 Å². The summed E-state index contributed by atoms with van der Waals surface area (Å²) >= 11 is 0. The highest BCUT2D eigenvalue weighted by atomic mass is 16.5. The van der Waals surface area contributed by atoms with Crippen LogP contribution in [0.15, 0.2) is 42.5 Å². The first-order chi connectivity index (χ1) is 13.7. The molecule has 0 bridgehead atoms. The van der Waals surface area contributed by atoms with Crippen LogP contribution in [-0.2, 0) is 0 Å². The number of nitrogens with zero attached hydrogens (tertiary/aromatic N) is 1. The van der Waals surface area contributed by atoms with Gasteiger partial charge in [-0.2, -0.15) is 0 Å². The Morgan fingerprint density at radius 2 is 1.57 bits per heavy atom. The molecule has 0 aliphatic rings. The summed E-state index contributed by atoms with van der Waals surface area (Å²) in [5.41, 5.74) is 3.78. The highest BCUT2D eigenvalue weighted by Crippen LogP contribution is 2.36. The van der Waals surface area contributed by atoms with Crippen molar-refractivity contribution >= 4 is 16.6 Å². The van der Waals surface area contributed by atoms with Gasteiger partial charge in [-0.1, -0.05) is 0 Å². The molecule has 0 unspecified atom stereocenters. The molecule has 0 amide bonds. The summed E-state index contributed by atoms with van der Waals surface area (Å²) in [6.07, 6.45) is 1.02. The van der Waals surface area contributed by atoms with Crippen molar-refractivity contribution in [2.75, 3.05) is 46.8 Å². The highest BCUT2D eigenvalue weighted by Gasteiger charge is 2.13. The van der Waals surface area contributed by atoms with Crippen LogP contribution in [0.4, 0.5) is 5.69 Å². The molecule has 2 aromatic carbocycles. The first kappa shape index (κ1) is 19.8. The molecule has 0 saturated heterocycles. The van der Waals surface area contributed by atoms with E-state index in [9.17, 15) is 0 Å². The molecular weight excluding hydrogens is 354 g/mol. The molecule has 0 fully saturated rings. The number of hydrogen-bond acceptors (Lipinski definition) is 6. The summed E-state index contributed by atoms with van der Waals surface area (Å²) in [5, 5.41) is 7.71. The number of ether oxygens (including phenoxy) is 3. The van der Waals surface area contributed by atoms with Gasteiger partial charge in [0.15, 0.2) is 11.5 Å². The van der Waals surface area contributed by atoms with Crippen molar-refractivity contribution in [3.63, 3.8) is 0 Å². The van der Waals surface area contributed by atoms with Crippen LogP contribution in [0.2, 0.25) is 0 Å². The lowest BCUT2D eigenvalue weighted by Gasteiger charge is -2.15. The minimum Gasteiger partial charge on any atom is -0.497 e. The van der Waals surface area contributed by atoms with Crippen LogP contribution >= 0.6 is 0 Å². The molecule has 6 heteroatoms. The smallest absolute Gasteiger partial charge is 0.162 e. The molecule has 3 rings (SSSR count). The molecular formula is C22H27N3O3. The van der Waals surface area contributed by atoms with Crippen molar-refractivity contribution in [2.24, 2.45) is 0 Å². The largest absolute Gasteiger partial charge is 0.497 e. The van der Waals surface area contributed by atoms with Crippen molar-refractivity contribution in [3.05, 3.63) is 42.5 Å². The normalized spacial score (nSPS) is 10.7. The van der Waals surface area contributed by atoms with Gasteiger partial charge >= 0.3 is 0 Å². The minimum atomic E-state index is 0.663. The van der Waals surface area contributed by atoms with E-state index in [-0.39, 0.29) is 0 Å². The number of rotatable bonds is 9. The standard InChI is InChI=1S/C22H27N3O3/c1-23-10-5-11-24-19-13-18(15-6-8-16(26-2)9-7-15)25-20-14-22(28-4)21(27-3)12-17(19)20/h6-9,12-14,23H,5,10-11H2,1-4H3,(H,24,25). The fourth-order valence-electron chi connectivity index (χ4n) is 3.10. The fourth-order valence-corrected chi connectivity index (χ4v) is 3.10. The van der Waals surface area contributed by atoms with Crippen LogP contribution in [0.3, 0.4) is 0 Å². The van der Waals surface area contributed by atoms with Crippen LogP contribution in [0.1, 0.15) is 6.42 Å². The average Bonchev–Trinajstić information content (AvgIpc) is 2.75. The van der Waals surface area contributed by atoms with Crippen LogP contribution in [0.25, 0.3) is 22.2 Å². The molecule has 0 radical (unpaired) electrons. The van der Waals surface area contributed by atoms with Gasteiger partial charge in [0.1, 0.15) is 5.75 Å². The van der Waals surface area contributed by atoms with Crippen molar-refractivity contribution in [3.8, 4) is 28.5 Å². The zero-order valence-corrected chi connectivity index (χ0v) is 16.8. The number of benzene rings is 2. The van der Waals surface area contributed by atoms with Crippen molar-refractivity contribution in [1.29, 1.82) is 0 Å². The van der Waals surface area contributed by atoms with Gasteiger partial charge in [0, 0.05) is 29.2 Å². The van der Waals surface area contributed by atoms with E-state index in [2.05, 4.69) is 16.7 Å².